The van der Waals surface area contributed by atoms with E-state index < -0.39 is 0 Å². The van der Waals surface area contributed by atoms with Gasteiger partial charge >= 0.3 is 0 Å². The minimum absolute atomic E-state index is 0.113. The van der Waals surface area contributed by atoms with Gasteiger partial charge < -0.3 is 10.4 Å². The maximum atomic E-state index is 9.60. The van der Waals surface area contributed by atoms with Crippen LogP contribution in [0.5, 0.6) is 0 Å². The van der Waals surface area contributed by atoms with Crippen molar-refractivity contribution in [1.82, 2.24) is 5.32 Å². The lowest BCUT2D eigenvalue weighted by Gasteiger charge is -2.20. The second kappa shape index (κ2) is 6.62. The number of aliphatic hydroxyl groups excluding tert-OH is 1. The van der Waals surface area contributed by atoms with Gasteiger partial charge in [0.15, 0.2) is 0 Å². The maximum Gasteiger partial charge on any atom is 0.0580 e. The molecule has 2 heteroatoms. The molecule has 2 N–H and O–H groups in total. The summed E-state index contributed by atoms with van der Waals surface area (Å²) in [7, 11) is 1.93. The largest absolute Gasteiger partial charge is 0.393 e. The Hall–Kier alpha value is -0.0800. The average molecular weight is 159 g/mol. The van der Waals surface area contributed by atoms with Crippen LogP contribution in [0.4, 0.5) is 0 Å². The summed E-state index contributed by atoms with van der Waals surface area (Å²) in [6.07, 6.45) is 2.95. The van der Waals surface area contributed by atoms with E-state index in [-0.39, 0.29) is 6.10 Å². The molecule has 0 aliphatic heterocycles. The maximum absolute atomic E-state index is 9.60. The zero-order valence-corrected chi connectivity index (χ0v) is 7.93. The van der Waals surface area contributed by atoms with Crippen molar-refractivity contribution in [2.75, 3.05) is 13.6 Å². The molecular formula is C9H21NO. The molecule has 0 radical (unpaired) electrons. The molecule has 0 bridgehead atoms. The van der Waals surface area contributed by atoms with Gasteiger partial charge in [-0.1, -0.05) is 20.3 Å². The fourth-order valence-electron chi connectivity index (χ4n) is 1.35. The van der Waals surface area contributed by atoms with Gasteiger partial charge in [0.2, 0.25) is 0 Å². The first kappa shape index (κ1) is 10.9. The van der Waals surface area contributed by atoms with Crippen molar-refractivity contribution < 1.29 is 5.11 Å². The summed E-state index contributed by atoms with van der Waals surface area (Å²) in [6.45, 7) is 5.16. The fourth-order valence-corrected chi connectivity index (χ4v) is 1.35. The SMILES string of the molecule is CCCC(O)C(CC)CNC. The summed E-state index contributed by atoms with van der Waals surface area (Å²) in [5, 5.41) is 12.7. The summed E-state index contributed by atoms with van der Waals surface area (Å²) >= 11 is 0. The van der Waals surface area contributed by atoms with Crippen LogP contribution in [0.25, 0.3) is 0 Å². The van der Waals surface area contributed by atoms with Crippen molar-refractivity contribution in [3.05, 3.63) is 0 Å². The first-order chi connectivity index (χ1) is 5.26. The fraction of sp³-hybridized carbons (Fsp3) is 1.00. The first-order valence-electron chi connectivity index (χ1n) is 4.58. The molecule has 0 aliphatic rings. The van der Waals surface area contributed by atoms with Crippen molar-refractivity contribution in [3.8, 4) is 0 Å². The van der Waals surface area contributed by atoms with Gasteiger partial charge in [-0.25, -0.2) is 0 Å². The normalized spacial score (nSPS) is 16.4. The van der Waals surface area contributed by atoms with Gasteiger partial charge in [0.05, 0.1) is 6.10 Å². The summed E-state index contributed by atoms with van der Waals surface area (Å²) in [5.74, 6) is 0.431. The lowest BCUT2D eigenvalue weighted by Crippen LogP contribution is -2.29. The highest BCUT2D eigenvalue weighted by molar-refractivity contribution is 4.68. The number of hydrogen-bond acceptors (Lipinski definition) is 2. The quantitative estimate of drug-likeness (QED) is 0.614. The molecule has 0 saturated heterocycles. The van der Waals surface area contributed by atoms with Crippen molar-refractivity contribution >= 4 is 0 Å². The van der Waals surface area contributed by atoms with Crippen LogP contribution in [0.1, 0.15) is 33.1 Å². The summed E-state index contributed by atoms with van der Waals surface area (Å²) in [6, 6.07) is 0. The van der Waals surface area contributed by atoms with E-state index in [9.17, 15) is 5.11 Å². The highest BCUT2D eigenvalue weighted by Crippen LogP contribution is 2.12. The van der Waals surface area contributed by atoms with E-state index in [1.165, 1.54) is 0 Å². The summed E-state index contributed by atoms with van der Waals surface area (Å²) < 4.78 is 0. The molecule has 68 valence electrons. The standard InChI is InChI=1S/C9H21NO/c1-4-6-9(11)8(5-2)7-10-3/h8-11H,4-7H2,1-3H3. The smallest absolute Gasteiger partial charge is 0.0580 e. The van der Waals surface area contributed by atoms with Crippen LogP contribution in [0, 0.1) is 5.92 Å². The number of hydrogen-bond donors (Lipinski definition) is 2. The molecule has 11 heavy (non-hydrogen) atoms. The summed E-state index contributed by atoms with van der Waals surface area (Å²) in [5.41, 5.74) is 0. The lowest BCUT2D eigenvalue weighted by molar-refractivity contribution is 0.0960. The Labute approximate surface area is 70.0 Å². The second-order valence-electron chi connectivity index (χ2n) is 3.08. The molecule has 0 heterocycles. The molecule has 0 aromatic heterocycles. The highest BCUT2D eigenvalue weighted by Gasteiger charge is 2.14. The molecule has 2 atom stereocenters. The second-order valence-corrected chi connectivity index (χ2v) is 3.08. The van der Waals surface area contributed by atoms with Crippen LogP contribution in [0.2, 0.25) is 0 Å². The van der Waals surface area contributed by atoms with Crippen molar-refractivity contribution in [3.63, 3.8) is 0 Å². The molecular weight excluding hydrogens is 138 g/mol. The summed E-state index contributed by atoms with van der Waals surface area (Å²) in [4.78, 5) is 0. The van der Waals surface area contributed by atoms with Crippen LogP contribution in [-0.2, 0) is 0 Å². The zero-order chi connectivity index (χ0) is 8.69. The number of rotatable bonds is 6. The number of nitrogens with one attached hydrogen (secondary N) is 1. The Morgan fingerprint density at radius 2 is 2.00 bits per heavy atom. The van der Waals surface area contributed by atoms with Crippen molar-refractivity contribution in [1.29, 1.82) is 0 Å². The van der Waals surface area contributed by atoms with E-state index in [0.29, 0.717) is 5.92 Å². The molecule has 0 fully saturated rings. The lowest BCUT2D eigenvalue weighted by atomic mass is 9.96. The third-order valence-electron chi connectivity index (χ3n) is 2.12. The monoisotopic (exact) mass is 159 g/mol. The third kappa shape index (κ3) is 4.38. The third-order valence-corrected chi connectivity index (χ3v) is 2.12. The highest BCUT2D eigenvalue weighted by atomic mass is 16.3. The Bertz CT molecular complexity index is 85.6. The molecule has 0 aromatic rings. The van der Waals surface area contributed by atoms with E-state index in [1.54, 1.807) is 0 Å². The van der Waals surface area contributed by atoms with Gasteiger partial charge in [0.25, 0.3) is 0 Å². The molecule has 0 rings (SSSR count). The Balaban J connectivity index is 3.61. The van der Waals surface area contributed by atoms with Gasteiger partial charge in [-0.2, -0.15) is 0 Å². The topological polar surface area (TPSA) is 32.3 Å². The van der Waals surface area contributed by atoms with E-state index in [2.05, 4.69) is 19.2 Å². The van der Waals surface area contributed by atoms with E-state index >= 15 is 0 Å². The Morgan fingerprint density at radius 3 is 2.36 bits per heavy atom. The molecule has 0 aliphatic carbocycles. The molecule has 0 aromatic carbocycles. The van der Waals surface area contributed by atoms with Gasteiger partial charge in [0.1, 0.15) is 0 Å². The van der Waals surface area contributed by atoms with Crippen LogP contribution in [0.3, 0.4) is 0 Å². The average Bonchev–Trinajstić information content (AvgIpc) is 2.00. The van der Waals surface area contributed by atoms with Crippen molar-refractivity contribution in [2.24, 2.45) is 5.92 Å². The predicted octanol–water partition coefficient (Wildman–Crippen LogP) is 1.39. The Kier molecular flexibility index (Phi) is 6.57. The van der Waals surface area contributed by atoms with E-state index in [0.717, 1.165) is 25.8 Å². The molecule has 2 nitrogen and oxygen atoms in total. The van der Waals surface area contributed by atoms with Crippen LogP contribution in [-0.4, -0.2) is 24.8 Å². The van der Waals surface area contributed by atoms with Gasteiger partial charge in [-0.3, -0.25) is 0 Å². The van der Waals surface area contributed by atoms with Crippen LogP contribution < -0.4 is 5.32 Å². The minimum Gasteiger partial charge on any atom is -0.393 e. The van der Waals surface area contributed by atoms with Crippen LogP contribution >= 0.6 is 0 Å². The molecule has 0 spiro atoms. The van der Waals surface area contributed by atoms with E-state index in [1.807, 2.05) is 7.05 Å². The zero-order valence-electron chi connectivity index (χ0n) is 7.93. The molecule has 0 saturated carbocycles. The van der Waals surface area contributed by atoms with Crippen molar-refractivity contribution in [2.45, 2.75) is 39.2 Å². The molecule has 0 amide bonds. The van der Waals surface area contributed by atoms with Gasteiger partial charge in [0, 0.05) is 6.54 Å². The predicted molar refractivity (Wildman–Crippen MR) is 48.6 cm³/mol. The Morgan fingerprint density at radius 1 is 1.36 bits per heavy atom. The molecule has 2 unspecified atom stereocenters. The minimum atomic E-state index is -0.113. The first-order valence-corrected chi connectivity index (χ1v) is 4.58. The van der Waals surface area contributed by atoms with Gasteiger partial charge in [-0.15, -0.1) is 0 Å². The van der Waals surface area contributed by atoms with E-state index in [4.69, 9.17) is 0 Å². The number of aliphatic hydroxyl groups is 1. The van der Waals surface area contributed by atoms with Crippen LogP contribution in [0.15, 0.2) is 0 Å². The van der Waals surface area contributed by atoms with Gasteiger partial charge in [-0.05, 0) is 25.8 Å².